The maximum absolute atomic E-state index is 10.6. The Bertz CT molecular complexity index is 593. The van der Waals surface area contributed by atoms with Gasteiger partial charge in [-0.25, -0.2) is 0 Å². The number of aryl methyl sites for hydroxylation is 1. The fraction of sp³-hybridized carbons (Fsp3) is 0.769. The van der Waals surface area contributed by atoms with Crippen molar-refractivity contribution in [2.24, 2.45) is 10.8 Å². The summed E-state index contributed by atoms with van der Waals surface area (Å²) < 4.78 is 0. The quantitative estimate of drug-likeness (QED) is 0.337. The summed E-state index contributed by atoms with van der Waals surface area (Å²) in [6.45, 7) is 9.31. The van der Waals surface area contributed by atoms with Gasteiger partial charge in [-0.2, -0.15) is 0 Å². The molecule has 1 aromatic rings. The van der Waals surface area contributed by atoms with Crippen LogP contribution in [-0.4, -0.2) is 10.2 Å². The molecule has 0 heterocycles. The first kappa shape index (κ1) is 23.1. The number of unbranched alkanes of at least 4 members (excludes halogenated alkanes) is 6. The van der Waals surface area contributed by atoms with Crippen molar-refractivity contribution in [2.75, 3.05) is 0 Å². The summed E-state index contributed by atoms with van der Waals surface area (Å²) in [5, 5.41) is 20.8. The SMILES string of the molecule is CC(C)(C)CCCCCCc1ccc(O)c(CCCCCCC2(C)CC2)c1O. The second-order valence-electron chi connectivity index (χ2n) is 10.8. The van der Waals surface area contributed by atoms with Gasteiger partial charge in [0, 0.05) is 5.56 Å². The molecule has 0 unspecified atom stereocenters. The number of aromatic hydroxyl groups is 2. The number of rotatable bonds is 13. The van der Waals surface area contributed by atoms with E-state index >= 15 is 0 Å². The average Bonchev–Trinajstić information content (AvgIpc) is 3.34. The Hall–Kier alpha value is -1.18. The zero-order chi connectivity index (χ0) is 20.6. The number of benzene rings is 1. The monoisotopic (exact) mass is 388 g/mol. The van der Waals surface area contributed by atoms with Gasteiger partial charge in [-0.1, -0.05) is 72.3 Å². The van der Waals surface area contributed by atoms with Gasteiger partial charge in [0.1, 0.15) is 11.5 Å². The summed E-state index contributed by atoms with van der Waals surface area (Å²) in [7, 11) is 0. The van der Waals surface area contributed by atoms with Gasteiger partial charge in [-0.05, 0) is 73.8 Å². The highest BCUT2D eigenvalue weighted by Gasteiger charge is 2.35. The first-order chi connectivity index (χ1) is 13.2. The molecule has 1 saturated carbocycles. The van der Waals surface area contributed by atoms with Crippen LogP contribution in [0.3, 0.4) is 0 Å². The van der Waals surface area contributed by atoms with Gasteiger partial charge in [-0.3, -0.25) is 0 Å². The Kier molecular flexibility index (Phi) is 8.71. The lowest BCUT2D eigenvalue weighted by molar-refractivity contribution is 0.357. The minimum absolute atomic E-state index is 0.261. The van der Waals surface area contributed by atoms with E-state index in [2.05, 4.69) is 27.7 Å². The third kappa shape index (κ3) is 8.45. The second kappa shape index (κ2) is 10.6. The molecule has 28 heavy (non-hydrogen) atoms. The normalized spacial score (nSPS) is 15.7. The molecule has 0 bridgehead atoms. The molecule has 0 aromatic heterocycles. The summed E-state index contributed by atoms with van der Waals surface area (Å²) in [5.74, 6) is 0.608. The van der Waals surface area contributed by atoms with Gasteiger partial charge in [0.2, 0.25) is 0 Å². The fourth-order valence-corrected chi connectivity index (χ4v) is 4.12. The van der Waals surface area contributed by atoms with Crippen molar-refractivity contribution in [1.29, 1.82) is 0 Å². The number of hydrogen-bond donors (Lipinski definition) is 2. The zero-order valence-corrected chi connectivity index (χ0v) is 18.9. The Balaban J connectivity index is 1.68. The van der Waals surface area contributed by atoms with E-state index < -0.39 is 0 Å². The van der Waals surface area contributed by atoms with Crippen LogP contribution in [0.25, 0.3) is 0 Å². The molecule has 1 aromatic carbocycles. The first-order valence-corrected chi connectivity index (χ1v) is 11.7. The number of phenolic OH excluding ortho intramolecular Hbond substituents is 2. The van der Waals surface area contributed by atoms with Gasteiger partial charge in [0.15, 0.2) is 0 Å². The Morgan fingerprint density at radius 1 is 0.821 bits per heavy atom. The van der Waals surface area contributed by atoms with Gasteiger partial charge in [0.25, 0.3) is 0 Å². The van der Waals surface area contributed by atoms with E-state index in [0.29, 0.717) is 16.6 Å². The highest BCUT2D eigenvalue weighted by molar-refractivity contribution is 5.48. The van der Waals surface area contributed by atoms with E-state index in [4.69, 9.17) is 0 Å². The van der Waals surface area contributed by atoms with Crippen molar-refractivity contribution >= 4 is 0 Å². The molecule has 1 aliphatic carbocycles. The lowest BCUT2D eigenvalue weighted by Gasteiger charge is -2.17. The van der Waals surface area contributed by atoms with Crippen molar-refractivity contribution < 1.29 is 10.2 Å². The molecular weight excluding hydrogens is 344 g/mol. The van der Waals surface area contributed by atoms with E-state index in [1.165, 1.54) is 64.2 Å². The summed E-state index contributed by atoms with van der Waals surface area (Å²) in [6.07, 6.45) is 16.9. The lowest BCUT2D eigenvalue weighted by atomic mass is 9.89. The standard InChI is InChI=1S/C26H44O2/c1-25(2,3)17-11-7-5-9-13-21-15-16-23(27)22(24(21)28)14-10-6-8-12-18-26(4)19-20-26/h15-16,27-28H,5-14,17-20H2,1-4H3. The lowest BCUT2D eigenvalue weighted by Crippen LogP contribution is -2.03. The minimum Gasteiger partial charge on any atom is -0.508 e. The number of hydrogen-bond acceptors (Lipinski definition) is 2. The molecule has 2 heteroatoms. The summed E-state index contributed by atoms with van der Waals surface area (Å²) in [5.41, 5.74) is 2.86. The number of phenols is 2. The maximum Gasteiger partial charge on any atom is 0.125 e. The molecule has 1 fully saturated rings. The van der Waals surface area contributed by atoms with Crippen LogP contribution in [0, 0.1) is 10.8 Å². The average molecular weight is 389 g/mol. The molecule has 160 valence electrons. The van der Waals surface area contributed by atoms with Crippen molar-refractivity contribution in [3.8, 4) is 11.5 Å². The van der Waals surface area contributed by atoms with E-state index in [-0.39, 0.29) is 5.75 Å². The minimum atomic E-state index is 0.261. The molecule has 0 atom stereocenters. The topological polar surface area (TPSA) is 40.5 Å². The Morgan fingerprint density at radius 2 is 1.43 bits per heavy atom. The van der Waals surface area contributed by atoms with Gasteiger partial charge in [-0.15, -0.1) is 0 Å². The maximum atomic E-state index is 10.6. The van der Waals surface area contributed by atoms with Gasteiger partial charge in [0.05, 0.1) is 0 Å². The van der Waals surface area contributed by atoms with Crippen LogP contribution in [0.15, 0.2) is 12.1 Å². The van der Waals surface area contributed by atoms with Crippen molar-refractivity contribution in [1.82, 2.24) is 0 Å². The summed E-state index contributed by atoms with van der Waals surface area (Å²) in [6, 6.07) is 3.68. The highest BCUT2D eigenvalue weighted by Crippen LogP contribution is 2.49. The van der Waals surface area contributed by atoms with Crippen LogP contribution in [0.2, 0.25) is 0 Å². The summed E-state index contributed by atoms with van der Waals surface area (Å²) >= 11 is 0. The van der Waals surface area contributed by atoms with Crippen LogP contribution < -0.4 is 0 Å². The first-order valence-electron chi connectivity index (χ1n) is 11.7. The van der Waals surface area contributed by atoms with Crippen LogP contribution in [-0.2, 0) is 12.8 Å². The molecule has 2 nitrogen and oxygen atoms in total. The largest absolute Gasteiger partial charge is 0.508 e. The smallest absolute Gasteiger partial charge is 0.125 e. The zero-order valence-electron chi connectivity index (χ0n) is 18.9. The molecule has 0 amide bonds. The van der Waals surface area contributed by atoms with E-state index in [0.717, 1.165) is 36.8 Å². The fourth-order valence-electron chi connectivity index (χ4n) is 4.12. The van der Waals surface area contributed by atoms with Crippen LogP contribution in [0.5, 0.6) is 11.5 Å². The van der Waals surface area contributed by atoms with Gasteiger partial charge < -0.3 is 10.2 Å². The molecule has 2 rings (SSSR count). The van der Waals surface area contributed by atoms with Crippen molar-refractivity contribution in [3.05, 3.63) is 23.3 Å². The van der Waals surface area contributed by atoms with Crippen LogP contribution in [0.4, 0.5) is 0 Å². The third-order valence-corrected chi connectivity index (χ3v) is 6.53. The molecule has 0 spiro atoms. The van der Waals surface area contributed by atoms with E-state index in [1.54, 1.807) is 6.07 Å². The Morgan fingerprint density at radius 3 is 2.07 bits per heavy atom. The predicted molar refractivity (Wildman–Crippen MR) is 120 cm³/mol. The van der Waals surface area contributed by atoms with E-state index in [9.17, 15) is 10.2 Å². The van der Waals surface area contributed by atoms with Gasteiger partial charge >= 0.3 is 0 Å². The molecule has 0 radical (unpaired) electrons. The second-order valence-corrected chi connectivity index (χ2v) is 10.8. The third-order valence-electron chi connectivity index (χ3n) is 6.53. The van der Waals surface area contributed by atoms with E-state index in [1.807, 2.05) is 6.07 Å². The molecule has 0 saturated heterocycles. The highest BCUT2D eigenvalue weighted by atomic mass is 16.3. The molecule has 2 N–H and O–H groups in total. The van der Waals surface area contributed by atoms with Crippen LogP contribution >= 0.6 is 0 Å². The van der Waals surface area contributed by atoms with Crippen LogP contribution in [0.1, 0.15) is 116 Å². The summed E-state index contributed by atoms with van der Waals surface area (Å²) in [4.78, 5) is 0. The molecule has 1 aliphatic rings. The molecular formula is C26H44O2. The molecule has 0 aliphatic heterocycles. The predicted octanol–water partition coefficient (Wildman–Crippen LogP) is 7.93. The van der Waals surface area contributed by atoms with Crippen molar-refractivity contribution in [2.45, 2.75) is 118 Å². The Labute approximate surface area is 173 Å². The van der Waals surface area contributed by atoms with Crippen molar-refractivity contribution in [3.63, 3.8) is 0 Å².